The zero-order valence-corrected chi connectivity index (χ0v) is 8.96. The Hall–Kier alpha value is 0.01000. The molecule has 1 radical (unpaired) electrons. The molecular formula is C9H14NS2. The van der Waals surface area contributed by atoms with Crippen LogP contribution in [0.1, 0.15) is 13.3 Å². The van der Waals surface area contributed by atoms with E-state index >= 15 is 0 Å². The van der Waals surface area contributed by atoms with Crippen LogP contribution in [0.25, 0.3) is 0 Å². The van der Waals surface area contributed by atoms with Crippen molar-refractivity contribution < 1.29 is 0 Å². The van der Waals surface area contributed by atoms with Gasteiger partial charge in [0.1, 0.15) is 0 Å². The highest BCUT2D eigenvalue weighted by molar-refractivity contribution is 8.01. The molecule has 0 atom stereocenters. The number of thiophene rings is 1. The molecule has 12 heavy (non-hydrogen) atoms. The summed E-state index contributed by atoms with van der Waals surface area (Å²) in [6, 6.07) is 4.26. The van der Waals surface area contributed by atoms with Crippen molar-refractivity contribution in [1.29, 1.82) is 0 Å². The number of rotatable bonds is 6. The van der Waals surface area contributed by atoms with Crippen LogP contribution in [-0.4, -0.2) is 18.8 Å². The van der Waals surface area contributed by atoms with Crippen molar-refractivity contribution >= 4 is 23.1 Å². The molecule has 1 rings (SSSR count). The molecule has 0 N–H and O–H groups in total. The van der Waals surface area contributed by atoms with Gasteiger partial charge in [0.25, 0.3) is 0 Å². The number of nitrogens with zero attached hydrogens (tertiary/aromatic N) is 1. The molecule has 67 valence electrons. The third-order valence-corrected chi connectivity index (χ3v) is 3.48. The van der Waals surface area contributed by atoms with Crippen LogP contribution in [0.15, 0.2) is 21.7 Å². The van der Waals surface area contributed by atoms with Crippen LogP contribution in [0.4, 0.5) is 0 Å². The molecule has 0 aliphatic carbocycles. The first-order valence-corrected chi connectivity index (χ1v) is 6.09. The minimum Gasteiger partial charge on any atom is -0.241 e. The highest BCUT2D eigenvalue weighted by Gasteiger charge is 1.93. The summed E-state index contributed by atoms with van der Waals surface area (Å²) in [6.45, 7) is 4.18. The standard InChI is InChI=1S/C9H14NS2/c1-2-5-10-6-8-12-9-4-3-7-11-9/h3-4,7H,2,5-6,8H2,1H3. The molecule has 0 aromatic carbocycles. The lowest BCUT2D eigenvalue weighted by Gasteiger charge is -1.98. The van der Waals surface area contributed by atoms with Crippen LogP contribution in [-0.2, 0) is 0 Å². The van der Waals surface area contributed by atoms with Crippen LogP contribution in [0, 0.1) is 0 Å². The van der Waals surface area contributed by atoms with E-state index in [1.807, 2.05) is 23.1 Å². The smallest absolute Gasteiger partial charge is 0.0598 e. The van der Waals surface area contributed by atoms with Crippen LogP contribution in [0.2, 0.25) is 0 Å². The monoisotopic (exact) mass is 200 g/mol. The predicted molar refractivity (Wildman–Crippen MR) is 57.2 cm³/mol. The molecule has 3 heteroatoms. The van der Waals surface area contributed by atoms with Gasteiger partial charge in [0.05, 0.1) is 4.21 Å². The summed E-state index contributed by atoms with van der Waals surface area (Å²) in [7, 11) is 0. The second-order valence-electron chi connectivity index (χ2n) is 2.45. The van der Waals surface area contributed by atoms with Crippen LogP contribution in [0.3, 0.4) is 0 Å². The molecule has 0 bridgehead atoms. The van der Waals surface area contributed by atoms with Crippen molar-refractivity contribution in [2.24, 2.45) is 0 Å². The zero-order chi connectivity index (χ0) is 8.65. The lowest BCUT2D eigenvalue weighted by Crippen LogP contribution is -2.09. The fourth-order valence-electron chi connectivity index (χ4n) is 0.826. The lowest BCUT2D eigenvalue weighted by molar-refractivity contribution is 0.693. The molecule has 0 aliphatic heterocycles. The first-order valence-electron chi connectivity index (χ1n) is 4.23. The largest absolute Gasteiger partial charge is 0.241 e. The van der Waals surface area contributed by atoms with E-state index in [4.69, 9.17) is 0 Å². The average Bonchev–Trinajstić information content (AvgIpc) is 2.57. The molecule has 0 amide bonds. The van der Waals surface area contributed by atoms with Gasteiger partial charge in [0.15, 0.2) is 0 Å². The third-order valence-electron chi connectivity index (χ3n) is 1.37. The minimum atomic E-state index is 0.996. The molecule has 1 aromatic rings. The second-order valence-corrected chi connectivity index (χ2v) is 4.79. The summed E-state index contributed by atoms with van der Waals surface area (Å²) in [5.74, 6) is 1.13. The van der Waals surface area contributed by atoms with Gasteiger partial charge in [-0.2, -0.15) is 0 Å². The summed E-state index contributed by atoms with van der Waals surface area (Å²) in [5, 5.41) is 6.49. The highest BCUT2D eigenvalue weighted by Crippen LogP contribution is 2.22. The molecule has 1 heterocycles. The van der Waals surface area contributed by atoms with Crippen LogP contribution in [0.5, 0.6) is 0 Å². The summed E-state index contributed by atoms with van der Waals surface area (Å²) >= 11 is 3.71. The van der Waals surface area contributed by atoms with Crippen molar-refractivity contribution in [3.05, 3.63) is 17.5 Å². The fraction of sp³-hybridized carbons (Fsp3) is 0.556. The van der Waals surface area contributed by atoms with E-state index in [-0.39, 0.29) is 0 Å². The van der Waals surface area contributed by atoms with E-state index in [2.05, 4.69) is 29.8 Å². The van der Waals surface area contributed by atoms with E-state index in [0.29, 0.717) is 0 Å². The number of thioether (sulfide) groups is 1. The van der Waals surface area contributed by atoms with Gasteiger partial charge >= 0.3 is 0 Å². The quantitative estimate of drug-likeness (QED) is 0.509. The summed E-state index contributed by atoms with van der Waals surface area (Å²) in [4.78, 5) is 0. The van der Waals surface area contributed by atoms with E-state index in [9.17, 15) is 0 Å². The Morgan fingerprint density at radius 1 is 1.50 bits per heavy atom. The summed E-state index contributed by atoms with van der Waals surface area (Å²) < 4.78 is 1.40. The molecule has 0 saturated heterocycles. The Morgan fingerprint density at radius 2 is 2.42 bits per heavy atom. The Morgan fingerprint density at radius 3 is 3.08 bits per heavy atom. The maximum absolute atomic E-state index is 4.37. The normalized spacial score (nSPS) is 10.4. The molecule has 0 fully saturated rings. The average molecular weight is 200 g/mol. The molecule has 1 nitrogen and oxygen atoms in total. The lowest BCUT2D eigenvalue weighted by atomic mass is 10.5. The molecule has 0 aliphatic rings. The van der Waals surface area contributed by atoms with Gasteiger partial charge in [-0.1, -0.05) is 13.0 Å². The Labute approximate surface area is 82.6 Å². The minimum absolute atomic E-state index is 0.996. The van der Waals surface area contributed by atoms with Gasteiger partial charge in [-0.05, 0) is 17.9 Å². The molecule has 0 saturated carbocycles. The highest BCUT2D eigenvalue weighted by atomic mass is 32.2. The molecule has 0 unspecified atom stereocenters. The SMILES string of the molecule is CCC[N]CCSc1cccs1. The summed E-state index contributed by atoms with van der Waals surface area (Å²) in [6.07, 6.45) is 1.17. The first kappa shape index (κ1) is 10.1. The van der Waals surface area contributed by atoms with Gasteiger partial charge in [-0.25, -0.2) is 5.32 Å². The maximum Gasteiger partial charge on any atom is 0.0598 e. The third kappa shape index (κ3) is 4.14. The Kier molecular flexibility index (Phi) is 5.48. The zero-order valence-electron chi connectivity index (χ0n) is 7.32. The van der Waals surface area contributed by atoms with Crippen LogP contribution >= 0.6 is 23.1 Å². The van der Waals surface area contributed by atoms with E-state index < -0.39 is 0 Å². The molecule has 0 spiro atoms. The molecular weight excluding hydrogens is 186 g/mol. The van der Waals surface area contributed by atoms with Crippen molar-refractivity contribution in [3.63, 3.8) is 0 Å². The second kappa shape index (κ2) is 6.52. The van der Waals surface area contributed by atoms with Crippen molar-refractivity contribution in [2.45, 2.75) is 17.6 Å². The van der Waals surface area contributed by atoms with Crippen molar-refractivity contribution in [2.75, 3.05) is 18.8 Å². The van der Waals surface area contributed by atoms with Crippen molar-refractivity contribution in [1.82, 2.24) is 5.32 Å². The fourth-order valence-corrected chi connectivity index (χ4v) is 2.56. The van der Waals surface area contributed by atoms with Crippen molar-refractivity contribution in [3.8, 4) is 0 Å². The summed E-state index contributed by atoms with van der Waals surface area (Å²) in [5.41, 5.74) is 0. The van der Waals surface area contributed by atoms with Crippen LogP contribution < -0.4 is 5.32 Å². The van der Waals surface area contributed by atoms with Gasteiger partial charge in [-0.3, -0.25) is 0 Å². The topological polar surface area (TPSA) is 14.1 Å². The first-order chi connectivity index (χ1) is 5.93. The number of hydrogen-bond acceptors (Lipinski definition) is 2. The molecule has 1 aromatic heterocycles. The van der Waals surface area contributed by atoms with Gasteiger partial charge in [-0.15, -0.1) is 23.1 Å². The maximum atomic E-state index is 4.37. The number of hydrogen-bond donors (Lipinski definition) is 0. The predicted octanol–water partition coefficient (Wildman–Crippen LogP) is 2.85. The van der Waals surface area contributed by atoms with E-state index in [1.165, 1.54) is 10.6 Å². The van der Waals surface area contributed by atoms with Gasteiger partial charge in [0.2, 0.25) is 0 Å². The van der Waals surface area contributed by atoms with E-state index in [1.54, 1.807) is 0 Å². The van der Waals surface area contributed by atoms with E-state index in [0.717, 1.165) is 18.8 Å². The van der Waals surface area contributed by atoms with Gasteiger partial charge < -0.3 is 0 Å². The van der Waals surface area contributed by atoms with Gasteiger partial charge in [0, 0.05) is 18.8 Å². The Bertz CT molecular complexity index is 184. The Balaban J connectivity index is 1.96.